The first-order valence-electron chi connectivity index (χ1n) is 7.47. The van der Waals surface area contributed by atoms with E-state index in [0.717, 1.165) is 43.3 Å². The second-order valence-electron chi connectivity index (χ2n) is 5.79. The second kappa shape index (κ2) is 10.7. The summed E-state index contributed by atoms with van der Waals surface area (Å²) in [6.45, 7) is 6.33. The number of amides is 1. The molecule has 3 N–H and O–H groups in total. The molecule has 0 unspecified atom stereocenters. The second-order valence-corrected chi connectivity index (χ2v) is 5.79. The van der Waals surface area contributed by atoms with E-state index in [1.54, 1.807) is 0 Å². The lowest BCUT2D eigenvalue weighted by Gasteiger charge is -2.30. The molecule has 1 aliphatic heterocycles. The lowest BCUT2D eigenvalue weighted by atomic mass is 9.99. The summed E-state index contributed by atoms with van der Waals surface area (Å²) in [5.74, 6) is 0.937. The van der Waals surface area contributed by atoms with Crippen molar-refractivity contribution in [1.29, 1.82) is 0 Å². The lowest BCUT2D eigenvalue weighted by molar-refractivity contribution is -0.120. The Morgan fingerprint density at radius 3 is 2.41 bits per heavy atom. The normalized spacial score (nSPS) is 15.5. The van der Waals surface area contributed by atoms with Crippen LogP contribution in [0.3, 0.4) is 0 Å². The molecule has 1 saturated heterocycles. The van der Waals surface area contributed by atoms with Gasteiger partial charge in [0.1, 0.15) is 0 Å². The van der Waals surface area contributed by atoms with E-state index >= 15 is 0 Å². The van der Waals surface area contributed by atoms with Crippen LogP contribution in [0.4, 0.5) is 5.69 Å². The SMILES string of the molecule is CC1CCN(CCNC(=O)Cc2ccc(N)cc2)CC1.Cl.Cl. The minimum atomic E-state index is 0. The zero-order valence-corrected chi connectivity index (χ0v) is 14.7. The smallest absolute Gasteiger partial charge is 0.224 e. The van der Waals surface area contributed by atoms with Crippen molar-refractivity contribution >= 4 is 36.4 Å². The summed E-state index contributed by atoms with van der Waals surface area (Å²) >= 11 is 0. The third-order valence-corrected chi connectivity index (χ3v) is 3.97. The number of piperidine rings is 1. The molecule has 126 valence electrons. The molecule has 0 saturated carbocycles. The molecule has 0 aromatic heterocycles. The average molecular weight is 348 g/mol. The monoisotopic (exact) mass is 347 g/mol. The molecule has 0 radical (unpaired) electrons. The molecule has 0 aliphatic carbocycles. The Labute approximate surface area is 145 Å². The average Bonchev–Trinajstić information content (AvgIpc) is 2.44. The molecule has 0 atom stereocenters. The molecular formula is C16H27Cl2N3O. The number of anilines is 1. The standard InChI is InChI=1S/C16H25N3O.2ClH/c1-13-6-9-19(10-7-13)11-8-18-16(20)12-14-2-4-15(17)5-3-14;;/h2-5,13H,6-12,17H2,1H3,(H,18,20);2*1H. The molecule has 1 amide bonds. The largest absolute Gasteiger partial charge is 0.399 e. The molecule has 0 spiro atoms. The molecule has 1 fully saturated rings. The van der Waals surface area contributed by atoms with Crippen molar-refractivity contribution in [3.63, 3.8) is 0 Å². The van der Waals surface area contributed by atoms with E-state index in [0.29, 0.717) is 6.42 Å². The number of nitrogens with two attached hydrogens (primary N) is 1. The van der Waals surface area contributed by atoms with Gasteiger partial charge in [-0.2, -0.15) is 0 Å². The molecule has 1 heterocycles. The molecule has 0 bridgehead atoms. The van der Waals surface area contributed by atoms with Crippen molar-refractivity contribution in [2.45, 2.75) is 26.2 Å². The highest BCUT2D eigenvalue weighted by molar-refractivity contribution is 5.85. The van der Waals surface area contributed by atoms with Crippen LogP contribution < -0.4 is 11.1 Å². The maximum Gasteiger partial charge on any atom is 0.224 e. The Morgan fingerprint density at radius 2 is 1.82 bits per heavy atom. The van der Waals surface area contributed by atoms with Crippen LogP contribution in [0.5, 0.6) is 0 Å². The van der Waals surface area contributed by atoms with Crippen LogP contribution >= 0.6 is 24.8 Å². The highest BCUT2D eigenvalue weighted by Crippen LogP contribution is 2.15. The number of benzene rings is 1. The van der Waals surface area contributed by atoms with E-state index in [1.165, 1.54) is 12.8 Å². The lowest BCUT2D eigenvalue weighted by Crippen LogP contribution is -2.39. The number of nitrogen functional groups attached to an aromatic ring is 1. The Morgan fingerprint density at radius 1 is 1.23 bits per heavy atom. The van der Waals surface area contributed by atoms with E-state index in [2.05, 4.69) is 17.1 Å². The number of carbonyl (C=O) groups excluding carboxylic acids is 1. The highest BCUT2D eigenvalue weighted by atomic mass is 35.5. The van der Waals surface area contributed by atoms with Crippen molar-refractivity contribution in [3.05, 3.63) is 29.8 Å². The Hall–Kier alpha value is -0.970. The summed E-state index contributed by atoms with van der Waals surface area (Å²) in [6.07, 6.45) is 2.98. The van der Waals surface area contributed by atoms with E-state index in [9.17, 15) is 4.79 Å². The third-order valence-electron chi connectivity index (χ3n) is 3.97. The fourth-order valence-corrected chi connectivity index (χ4v) is 2.52. The maximum atomic E-state index is 11.8. The van der Waals surface area contributed by atoms with E-state index in [1.807, 2.05) is 24.3 Å². The number of rotatable bonds is 5. The van der Waals surface area contributed by atoms with Crippen LogP contribution in [0.15, 0.2) is 24.3 Å². The van der Waals surface area contributed by atoms with Crippen LogP contribution in [0, 0.1) is 5.92 Å². The van der Waals surface area contributed by atoms with Crippen LogP contribution in [0.1, 0.15) is 25.3 Å². The fourth-order valence-electron chi connectivity index (χ4n) is 2.52. The van der Waals surface area contributed by atoms with Crippen molar-refractivity contribution in [2.75, 3.05) is 31.9 Å². The number of hydrogen-bond donors (Lipinski definition) is 2. The predicted molar refractivity (Wildman–Crippen MR) is 96.9 cm³/mol. The van der Waals surface area contributed by atoms with Gasteiger partial charge in [0.2, 0.25) is 5.91 Å². The summed E-state index contributed by atoms with van der Waals surface area (Å²) in [4.78, 5) is 14.3. The van der Waals surface area contributed by atoms with Gasteiger partial charge in [0.15, 0.2) is 0 Å². The van der Waals surface area contributed by atoms with Gasteiger partial charge in [-0.1, -0.05) is 19.1 Å². The Balaban J connectivity index is 0.00000220. The minimum Gasteiger partial charge on any atom is -0.399 e. The van der Waals surface area contributed by atoms with Crippen molar-refractivity contribution < 1.29 is 4.79 Å². The molecule has 1 aromatic rings. The van der Waals surface area contributed by atoms with Crippen LogP contribution in [0.2, 0.25) is 0 Å². The molecule has 1 aromatic carbocycles. The van der Waals surface area contributed by atoms with Gasteiger partial charge in [0, 0.05) is 18.8 Å². The van der Waals surface area contributed by atoms with Gasteiger partial charge in [-0.05, 0) is 49.5 Å². The fraction of sp³-hybridized carbons (Fsp3) is 0.562. The molecule has 1 aliphatic rings. The quantitative estimate of drug-likeness (QED) is 0.804. The summed E-state index contributed by atoms with van der Waals surface area (Å²) in [5, 5.41) is 2.99. The molecule has 6 heteroatoms. The van der Waals surface area contributed by atoms with Gasteiger partial charge in [0.05, 0.1) is 6.42 Å². The summed E-state index contributed by atoms with van der Waals surface area (Å²) < 4.78 is 0. The summed E-state index contributed by atoms with van der Waals surface area (Å²) in [5.41, 5.74) is 7.36. The number of halogens is 2. The van der Waals surface area contributed by atoms with Gasteiger partial charge in [-0.25, -0.2) is 0 Å². The topological polar surface area (TPSA) is 58.4 Å². The number of hydrogen-bond acceptors (Lipinski definition) is 3. The van der Waals surface area contributed by atoms with Crippen LogP contribution in [-0.4, -0.2) is 37.0 Å². The Bertz CT molecular complexity index is 432. The van der Waals surface area contributed by atoms with Crippen molar-refractivity contribution in [1.82, 2.24) is 10.2 Å². The zero-order valence-electron chi connectivity index (χ0n) is 13.1. The van der Waals surface area contributed by atoms with Crippen LogP contribution in [0.25, 0.3) is 0 Å². The van der Waals surface area contributed by atoms with Gasteiger partial charge in [-0.3, -0.25) is 4.79 Å². The van der Waals surface area contributed by atoms with Gasteiger partial charge in [-0.15, -0.1) is 24.8 Å². The number of carbonyl (C=O) groups is 1. The first kappa shape index (κ1) is 21.0. The molecular weight excluding hydrogens is 321 g/mol. The first-order chi connectivity index (χ1) is 9.63. The third kappa shape index (κ3) is 7.34. The van der Waals surface area contributed by atoms with Gasteiger partial charge < -0.3 is 16.0 Å². The van der Waals surface area contributed by atoms with Crippen LogP contribution in [-0.2, 0) is 11.2 Å². The summed E-state index contributed by atoms with van der Waals surface area (Å²) in [6, 6.07) is 7.47. The number of nitrogens with one attached hydrogen (secondary N) is 1. The van der Waals surface area contributed by atoms with E-state index in [-0.39, 0.29) is 30.7 Å². The first-order valence-corrected chi connectivity index (χ1v) is 7.47. The summed E-state index contributed by atoms with van der Waals surface area (Å²) in [7, 11) is 0. The molecule has 22 heavy (non-hydrogen) atoms. The predicted octanol–water partition coefficient (Wildman–Crippen LogP) is 2.50. The Kier molecular flexibility index (Phi) is 10.2. The van der Waals surface area contributed by atoms with Gasteiger partial charge in [0.25, 0.3) is 0 Å². The number of likely N-dealkylation sites (tertiary alicyclic amines) is 1. The zero-order chi connectivity index (χ0) is 14.4. The highest BCUT2D eigenvalue weighted by Gasteiger charge is 2.15. The van der Waals surface area contributed by atoms with E-state index in [4.69, 9.17) is 5.73 Å². The van der Waals surface area contributed by atoms with Crippen molar-refractivity contribution in [3.8, 4) is 0 Å². The maximum absolute atomic E-state index is 11.8. The molecule has 2 rings (SSSR count). The van der Waals surface area contributed by atoms with Gasteiger partial charge >= 0.3 is 0 Å². The number of nitrogens with zero attached hydrogens (tertiary/aromatic N) is 1. The van der Waals surface area contributed by atoms with Crippen molar-refractivity contribution in [2.24, 2.45) is 5.92 Å². The van der Waals surface area contributed by atoms with E-state index < -0.39 is 0 Å². The minimum absolute atomic E-state index is 0. The molecule has 4 nitrogen and oxygen atoms in total.